The molecule has 0 amide bonds. The minimum Gasteiger partial charge on any atom is -0.457 e. The zero-order valence-corrected chi connectivity index (χ0v) is 11.1. The molecule has 0 saturated carbocycles. The molecule has 0 radical (unpaired) electrons. The lowest BCUT2D eigenvalue weighted by molar-refractivity contribution is -0.144. The first-order valence-corrected chi connectivity index (χ1v) is 6.34. The van der Waals surface area contributed by atoms with Crippen molar-refractivity contribution in [2.45, 2.75) is 32.9 Å². The number of rotatable bonds is 6. The number of halogens is 1. The molecule has 1 aromatic heterocycles. The largest absolute Gasteiger partial charge is 0.457 e. The highest BCUT2D eigenvalue weighted by molar-refractivity contribution is 5.72. The van der Waals surface area contributed by atoms with Crippen molar-refractivity contribution in [3.8, 4) is 0 Å². The Kier molecular flexibility index (Phi) is 4.75. The number of tetrazole rings is 1. The fourth-order valence-corrected chi connectivity index (χ4v) is 1.68. The Morgan fingerprint density at radius 2 is 2.10 bits per heavy atom. The summed E-state index contributed by atoms with van der Waals surface area (Å²) in [6.07, 6.45) is 0.983. The lowest BCUT2D eigenvalue weighted by Crippen LogP contribution is -2.12. The summed E-state index contributed by atoms with van der Waals surface area (Å²) in [6, 6.07) is 5.73. The van der Waals surface area contributed by atoms with E-state index in [1.807, 2.05) is 6.92 Å². The molecule has 0 unspecified atom stereocenters. The fraction of sp³-hybridized carbons (Fsp3) is 0.385. The molecule has 0 fully saturated rings. The minimum atomic E-state index is -0.400. The molecule has 6 nitrogen and oxygen atoms in total. The number of hydrogen-bond donors (Lipinski definition) is 0. The van der Waals surface area contributed by atoms with Crippen LogP contribution in [0.25, 0.3) is 0 Å². The topological polar surface area (TPSA) is 69.9 Å². The van der Waals surface area contributed by atoms with Crippen LogP contribution in [0.2, 0.25) is 0 Å². The Labute approximate surface area is 115 Å². The molecular formula is C13H15FN4O2. The van der Waals surface area contributed by atoms with Crippen molar-refractivity contribution in [2.75, 3.05) is 0 Å². The monoisotopic (exact) mass is 278 g/mol. The van der Waals surface area contributed by atoms with Crippen molar-refractivity contribution in [1.29, 1.82) is 0 Å². The Hall–Kier alpha value is -2.31. The summed E-state index contributed by atoms with van der Waals surface area (Å²) in [4.78, 5) is 11.7. The summed E-state index contributed by atoms with van der Waals surface area (Å²) in [5, 5.41) is 11.1. The molecule has 7 heteroatoms. The smallest absolute Gasteiger partial charge is 0.310 e. The molecule has 0 aliphatic heterocycles. The third kappa shape index (κ3) is 3.84. The van der Waals surface area contributed by atoms with Gasteiger partial charge in [-0.15, -0.1) is 5.10 Å². The predicted octanol–water partition coefficient (Wildman–Crippen LogP) is 1.51. The standard InChI is InChI=1S/C13H15FN4O2/c1-2-7-18-12(15-16-17-18)9-20-13(19)8-10-3-5-11(14)6-4-10/h3-6H,2,7-9H2,1H3. The van der Waals surface area contributed by atoms with E-state index in [9.17, 15) is 9.18 Å². The van der Waals surface area contributed by atoms with Crippen molar-refractivity contribution in [3.05, 3.63) is 41.5 Å². The highest BCUT2D eigenvalue weighted by atomic mass is 19.1. The Balaban J connectivity index is 1.85. The molecule has 106 valence electrons. The third-order valence-corrected chi connectivity index (χ3v) is 2.67. The van der Waals surface area contributed by atoms with Gasteiger partial charge in [0.1, 0.15) is 5.82 Å². The van der Waals surface area contributed by atoms with Crippen molar-refractivity contribution in [1.82, 2.24) is 20.2 Å². The van der Waals surface area contributed by atoms with Gasteiger partial charge >= 0.3 is 5.97 Å². The van der Waals surface area contributed by atoms with E-state index in [0.717, 1.165) is 6.42 Å². The maximum absolute atomic E-state index is 12.7. The van der Waals surface area contributed by atoms with E-state index < -0.39 is 5.97 Å². The first-order valence-electron chi connectivity index (χ1n) is 6.34. The summed E-state index contributed by atoms with van der Waals surface area (Å²) >= 11 is 0. The van der Waals surface area contributed by atoms with Crippen molar-refractivity contribution >= 4 is 5.97 Å². The van der Waals surface area contributed by atoms with Crippen LogP contribution < -0.4 is 0 Å². The zero-order valence-electron chi connectivity index (χ0n) is 11.1. The van der Waals surface area contributed by atoms with Gasteiger partial charge in [0, 0.05) is 6.54 Å². The number of nitrogens with zero attached hydrogens (tertiary/aromatic N) is 4. The predicted molar refractivity (Wildman–Crippen MR) is 68.0 cm³/mol. The number of esters is 1. The van der Waals surface area contributed by atoms with Crippen LogP contribution in [0, 0.1) is 5.82 Å². The van der Waals surface area contributed by atoms with Gasteiger partial charge in [-0.25, -0.2) is 9.07 Å². The number of benzene rings is 1. The molecule has 0 aliphatic rings. The normalized spacial score (nSPS) is 10.5. The maximum atomic E-state index is 12.7. The first kappa shape index (κ1) is 14.1. The summed E-state index contributed by atoms with van der Waals surface area (Å²) in [7, 11) is 0. The van der Waals surface area contributed by atoms with Gasteiger partial charge in [-0.1, -0.05) is 19.1 Å². The average molecular weight is 278 g/mol. The Morgan fingerprint density at radius 1 is 1.35 bits per heavy atom. The summed E-state index contributed by atoms with van der Waals surface area (Å²) in [6.45, 7) is 2.72. The van der Waals surface area contributed by atoms with Crippen LogP contribution in [-0.2, 0) is 29.1 Å². The molecule has 0 atom stereocenters. The highest BCUT2D eigenvalue weighted by Gasteiger charge is 2.10. The SMILES string of the molecule is CCCn1nnnc1COC(=O)Cc1ccc(F)cc1. The van der Waals surface area contributed by atoms with Crippen LogP contribution in [0.3, 0.4) is 0 Å². The molecule has 1 heterocycles. The average Bonchev–Trinajstić information content (AvgIpc) is 2.87. The van der Waals surface area contributed by atoms with Gasteiger partial charge in [0.05, 0.1) is 6.42 Å². The molecule has 0 saturated heterocycles. The van der Waals surface area contributed by atoms with Crippen LogP contribution in [-0.4, -0.2) is 26.2 Å². The molecular weight excluding hydrogens is 263 g/mol. The molecule has 0 aliphatic carbocycles. The van der Waals surface area contributed by atoms with E-state index in [0.29, 0.717) is 17.9 Å². The van der Waals surface area contributed by atoms with Crippen molar-refractivity contribution in [3.63, 3.8) is 0 Å². The Bertz CT molecular complexity index is 568. The second-order valence-electron chi connectivity index (χ2n) is 4.28. The number of ether oxygens (including phenoxy) is 1. The number of aromatic nitrogens is 4. The quantitative estimate of drug-likeness (QED) is 0.749. The van der Waals surface area contributed by atoms with Crippen LogP contribution in [0.5, 0.6) is 0 Å². The molecule has 0 bridgehead atoms. The number of aryl methyl sites for hydroxylation is 1. The maximum Gasteiger partial charge on any atom is 0.310 e. The van der Waals surface area contributed by atoms with Gasteiger partial charge in [0.2, 0.25) is 0 Å². The van der Waals surface area contributed by atoms with Crippen LogP contribution in [0.4, 0.5) is 4.39 Å². The molecule has 0 N–H and O–H groups in total. The van der Waals surface area contributed by atoms with Crippen LogP contribution in [0.1, 0.15) is 24.7 Å². The van der Waals surface area contributed by atoms with Crippen molar-refractivity contribution in [2.24, 2.45) is 0 Å². The third-order valence-electron chi connectivity index (χ3n) is 2.67. The van der Waals surface area contributed by atoms with Gasteiger partial charge in [-0.3, -0.25) is 4.79 Å². The van der Waals surface area contributed by atoms with Crippen molar-refractivity contribution < 1.29 is 13.9 Å². The van der Waals surface area contributed by atoms with Gasteiger partial charge in [-0.05, 0) is 34.5 Å². The van der Waals surface area contributed by atoms with Gasteiger partial charge in [0.15, 0.2) is 12.4 Å². The van der Waals surface area contributed by atoms with E-state index in [1.165, 1.54) is 12.1 Å². The van der Waals surface area contributed by atoms with E-state index in [1.54, 1.807) is 16.8 Å². The number of carbonyl (C=O) groups excluding carboxylic acids is 1. The number of carbonyl (C=O) groups is 1. The minimum absolute atomic E-state index is 0.0348. The lowest BCUT2D eigenvalue weighted by Gasteiger charge is -2.05. The van der Waals surface area contributed by atoms with E-state index in [-0.39, 0.29) is 18.8 Å². The van der Waals surface area contributed by atoms with E-state index >= 15 is 0 Å². The Morgan fingerprint density at radius 3 is 2.80 bits per heavy atom. The lowest BCUT2D eigenvalue weighted by atomic mass is 10.1. The van der Waals surface area contributed by atoms with Gasteiger partial charge in [-0.2, -0.15) is 0 Å². The van der Waals surface area contributed by atoms with Crippen LogP contribution in [0.15, 0.2) is 24.3 Å². The molecule has 2 aromatic rings. The van der Waals surface area contributed by atoms with Gasteiger partial charge in [0.25, 0.3) is 0 Å². The second-order valence-corrected chi connectivity index (χ2v) is 4.28. The highest BCUT2D eigenvalue weighted by Crippen LogP contribution is 2.05. The zero-order chi connectivity index (χ0) is 14.4. The van der Waals surface area contributed by atoms with E-state index in [2.05, 4.69) is 15.5 Å². The van der Waals surface area contributed by atoms with Gasteiger partial charge < -0.3 is 4.74 Å². The molecule has 1 aromatic carbocycles. The fourth-order valence-electron chi connectivity index (χ4n) is 1.68. The number of hydrogen-bond acceptors (Lipinski definition) is 5. The summed E-state index contributed by atoms with van der Waals surface area (Å²) < 4.78 is 19.4. The second kappa shape index (κ2) is 6.74. The molecule has 20 heavy (non-hydrogen) atoms. The molecule has 0 spiro atoms. The first-order chi connectivity index (χ1) is 9.69. The van der Waals surface area contributed by atoms with Crippen LogP contribution >= 0.6 is 0 Å². The van der Waals surface area contributed by atoms with E-state index in [4.69, 9.17) is 4.74 Å². The molecule has 2 rings (SSSR count). The summed E-state index contributed by atoms with van der Waals surface area (Å²) in [5.74, 6) is -0.220. The summed E-state index contributed by atoms with van der Waals surface area (Å²) in [5.41, 5.74) is 0.699.